The lowest BCUT2D eigenvalue weighted by Gasteiger charge is -2.30. The summed E-state index contributed by atoms with van der Waals surface area (Å²) in [5, 5.41) is 13.2. The number of rotatable bonds is 6. The molecule has 4 heteroatoms. The van der Waals surface area contributed by atoms with Gasteiger partial charge in [-0.05, 0) is 64.3 Å². The third kappa shape index (κ3) is 4.97. The molecular formula is C17H27FN2O. The van der Waals surface area contributed by atoms with Gasteiger partial charge >= 0.3 is 0 Å². The summed E-state index contributed by atoms with van der Waals surface area (Å²) in [6, 6.07) is 4.24. The molecule has 2 rings (SSSR count). The molecule has 0 saturated carbocycles. The van der Waals surface area contributed by atoms with Crippen molar-refractivity contribution in [2.75, 3.05) is 26.2 Å². The number of aromatic hydroxyl groups is 1. The molecule has 1 aliphatic heterocycles. The van der Waals surface area contributed by atoms with Crippen LogP contribution in [0.3, 0.4) is 0 Å². The van der Waals surface area contributed by atoms with E-state index in [0.29, 0.717) is 0 Å². The molecule has 0 radical (unpaired) electrons. The van der Waals surface area contributed by atoms with Crippen LogP contribution in [0.4, 0.5) is 4.39 Å². The van der Waals surface area contributed by atoms with Gasteiger partial charge in [-0.2, -0.15) is 0 Å². The van der Waals surface area contributed by atoms with Crippen molar-refractivity contribution in [2.45, 2.75) is 39.2 Å². The van der Waals surface area contributed by atoms with Crippen LogP contribution in [0, 0.1) is 11.7 Å². The topological polar surface area (TPSA) is 35.5 Å². The quantitative estimate of drug-likeness (QED) is 0.790. The molecular weight excluding hydrogens is 267 g/mol. The molecule has 21 heavy (non-hydrogen) atoms. The average molecular weight is 294 g/mol. The number of benzene rings is 1. The molecule has 0 bridgehead atoms. The van der Waals surface area contributed by atoms with Gasteiger partial charge in [0.25, 0.3) is 0 Å². The third-order valence-electron chi connectivity index (χ3n) is 4.44. The molecule has 3 nitrogen and oxygen atoms in total. The maximum Gasteiger partial charge on any atom is 0.126 e. The standard InChI is InChI=1S/C17H27FN2O/c1-13-6-10-20(11-7-13)9-3-8-19-14(2)16-5-4-15(18)12-17(16)21/h4-5,12-14,19,21H,3,6-11H2,1-2H3. The zero-order chi connectivity index (χ0) is 15.2. The Bertz CT molecular complexity index is 444. The molecule has 0 aliphatic carbocycles. The van der Waals surface area contributed by atoms with Gasteiger partial charge in [-0.25, -0.2) is 4.39 Å². The minimum absolute atomic E-state index is 0.0278. The molecule has 1 aliphatic rings. The first kappa shape index (κ1) is 16.2. The van der Waals surface area contributed by atoms with Gasteiger partial charge in [0.2, 0.25) is 0 Å². The Balaban J connectivity index is 1.68. The minimum atomic E-state index is -0.400. The van der Waals surface area contributed by atoms with E-state index < -0.39 is 5.82 Å². The molecule has 0 amide bonds. The van der Waals surface area contributed by atoms with E-state index in [1.165, 1.54) is 38.1 Å². The van der Waals surface area contributed by atoms with Crippen molar-refractivity contribution in [2.24, 2.45) is 5.92 Å². The van der Waals surface area contributed by atoms with Crippen LogP contribution in [-0.2, 0) is 0 Å². The van der Waals surface area contributed by atoms with Gasteiger partial charge < -0.3 is 15.3 Å². The summed E-state index contributed by atoms with van der Waals surface area (Å²) < 4.78 is 13.0. The molecule has 0 aromatic heterocycles. The Kier molecular flexibility index (Phi) is 6.00. The Morgan fingerprint density at radius 3 is 2.76 bits per heavy atom. The van der Waals surface area contributed by atoms with Crippen molar-refractivity contribution in [1.29, 1.82) is 0 Å². The lowest BCUT2D eigenvalue weighted by Crippen LogP contribution is -2.35. The lowest BCUT2D eigenvalue weighted by molar-refractivity contribution is 0.190. The highest BCUT2D eigenvalue weighted by Crippen LogP contribution is 2.24. The summed E-state index contributed by atoms with van der Waals surface area (Å²) >= 11 is 0. The zero-order valence-corrected chi connectivity index (χ0v) is 13.1. The number of hydrogen-bond donors (Lipinski definition) is 2. The number of nitrogens with zero attached hydrogens (tertiary/aromatic N) is 1. The van der Waals surface area contributed by atoms with E-state index in [1.807, 2.05) is 6.92 Å². The highest BCUT2D eigenvalue weighted by molar-refractivity contribution is 5.34. The Morgan fingerprint density at radius 2 is 2.10 bits per heavy atom. The van der Waals surface area contributed by atoms with Crippen LogP contribution in [0.5, 0.6) is 5.75 Å². The highest BCUT2D eigenvalue weighted by Gasteiger charge is 2.15. The second kappa shape index (κ2) is 7.76. The number of piperidine rings is 1. The van der Waals surface area contributed by atoms with Crippen LogP contribution < -0.4 is 5.32 Å². The lowest BCUT2D eigenvalue weighted by atomic mass is 9.99. The van der Waals surface area contributed by atoms with Gasteiger partial charge in [0.05, 0.1) is 0 Å². The van der Waals surface area contributed by atoms with Gasteiger partial charge in [-0.1, -0.05) is 13.0 Å². The molecule has 2 N–H and O–H groups in total. The van der Waals surface area contributed by atoms with Crippen LogP contribution in [-0.4, -0.2) is 36.2 Å². The van der Waals surface area contributed by atoms with Crippen molar-refractivity contribution in [3.8, 4) is 5.75 Å². The second-order valence-corrected chi connectivity index (χ2v) is 6.26. The normalized spacial score (nSPS) is 18.8. The monoisotopic (exact) mass is 294 g/mol. The Labute approximate surface area is 127 Å². The average Bonchev–Trinajstić information content (AvgIpc) is 2.45. The van der Waals surface area contributed by atoms with E-state index in [4.69, 9.17) is 0 Å². The maximum absolute atomic E-state index is 13.0. The van der Waals surface area contributed by atoms with E-state index in [9.17, 15) is 9.50 Å². The van der Waals surface area contributed by atoms with Crippen LogP contribution in [0.15, 0.2) is 18.2 Å². The fraction of sp³-hybridized carbons (Fsp3) is 0.647. The zero-order valence-electron chi connectivity index (χ0n) is 13.1. The maximum atomic E-state index is 13.0. The van der Waals surface area contributed by atoms with Crippen molar-refractivity contribution < 1.29 is 9.50 Å². The van der Waals surface area contributed by atoms with Crippen LogP contribution in [0.2, 0.25) is 0 Å². The number of phenols is 1. The summed E-state index contributed by atoms with van der Waals surface area (Å²) in [7, 11) is 0. The molecule has 1 aromatic carbocycles. The molecule has 118 valence electrons. The summed E-state index contributed by atoms with van der Waals surface area (Å²) in [6.07, 6.45) is 3.72. The number of phenolic OH excluding ortho intramolecular Hbond substituents is 1. The summed E-state index contributed by atoms with van der Waals surface area (Å²) in [5.74, 6) is 0.503. The first-order valence-electron chi connectivity index (χ1n) is 8.00. The second-order valence-electron chi connectivity index (χ2n) is 6.26. The number of likely N-dealkylation sites (tertiary alicyclic amines) is 1. The fourth-order valence-corrected chi connectivity index (χ4v) is 2.90. The van der Waals surface area contributed by atoms with Crippen molar-refractivity contribution in [3.05, 3.63) is 29.6 Å². The predicted octanol–water partition coefficient (Wildman–Crippen LogP) is 3.30. The number of halogens is 1. The van der Waals surface area contributed by atoms with Gasteiger partial charge in [0.15, 0.2) is 0 Å². The van der Waals surface area contributed by atoms with Gasteiger partial charge in [0, 0.05) is 17.7 Å². The smallest absolute Gasteiger partial charge is 0.126 e. The third-order valence-corrected chi connectivity index (χ3v) is 4.44. The van der Waals surface area contributed by atoms with Gasteiger partial charge in [0.1, 0.15) is 11.6 Å². The highest BCUT2D eigenvalue weighted by atomic mass is 19.1. The van der Waals surface area contributed by atoms with Crippen molar-refractivity contribution in [1.82, 2.24) is 10.2 Å². The molecule has 1 unspecified atom stereocenters. The molecule has 1 aromatic rings. The fourth-order valence-electron chi connectivity index (χ4n) is 2.90. The largest absolute Gasteiger partial charge is 0.508 e. The molecule has 0 spiro atoms. The van der Waals surface area contributed by atoms with E-state index in [2.05, 4.69) is 17.1 Å². The van der Waals surface area contributed by atoms with Crippen LogP contribution in [0.1, 0.15) is 44.7 Å². The van der Waals surface area contributed by atoms with Gasteiger partial charge in [-0.15, -0.1) is 0 Å². The first-order chi connectivity index (χ1) is 10.1. The van der Waals surface area contributed by atoms with Crippen LogP contribution in [0.25, 0.3) is 0 Å². The molecule has 1 fully saturated rings. The summed E-state index contributed by atoms with van der Waals surface area (Å²) in [4.78, 5) is 2.53. The van der Waals surface area contributed by atoms with Crippen molar-refractivity contribution in [3.63, 3.8) is 0 Å². The summed E-state index contributed by atoms with van der Waals surface area (Å²) in [6.45, 7) is 8.79. The number of hydrogen-bond acceptors (Lipinski definition) is 3. The SMILES string of the molecule is CC1CCN(CCCNC(C)c2ccc(F)cc2O)CC1. The number of nitrogens with one attached hydrogen (secondary N) is 1. The van der Waals surface area contributed by atoms with E-state index in [1.54, 1.807) is 6.07 Å². The molecule has 1 heterocycles. The first-order valence-corrected chi connectivity index (χ1v) is 8.00. The molecule has 1 saturated heterocycles. The Hall–Kier alpha value is -1.13. The summed E-state index contributed by atoms with van der Waals surface area (Å²) in [5.41, 5.74) is 0.753. The van der Waals surface area contributed by atoms with Gasteiger partial charge in [-0.3, -0.25) is 0 Å². The predicted molar refractivity (Wildman–Crippen MR) is 83.9 cm³/mol. The van der Waals surface area contributed by atoms with Crippen LogP contribution >= 0.6 is 0 Å². The van der Waals surface area contributed by atoms with E-state index in [-0.39, 0.29) is 11.8 Å². The minimum Gasteiger partial charge on any atom is -0.508 e. The Morgan fingerprint density at radius 1 is 1.38 bits per heavy atom. The van der Waals surface area contributed by atoms with E-state index in [0.717, 1.165) is 31.0 Å². The van der Waals surface area contributed by atoms with Crippen molar-refractivity contribution >= 4 is 0 Å². The van der Waals surface area contributed by atoms with E-state index >= 15 is 0 Å². The molecule has 1 atom stereocenters.